The number of carbonyl (C=O) groups excluding carboxylic acids is 1. The van der Waals surface area contributed by atoms with E-state index in [0.29, 0.717) is 31.9 Å². The van der Waals surface area contributed by atoms with E-state index in [2.05, 4.69) is 11.4 Å². The fraction of sp³-hybridized carbons (Fsp3) is 0.375. The van der Waals surface area contributed by atoms with Gasteiger partial charge in [-0.2, -0.15) is 0 Å². The standard InChI is InChI=1S/C16H17N3O4S/c20-15(21)18-4-6-19(7-5-18)16(22)23-13-9-12-10(1-3-17-12)11-2-8-24-14(11)13/h2,8-9,17H,1,3-7H2,(H,20,21). The third-order valence-corrected chi connectivity index (χ3v) is 5.44. The van der Waals surface area contributed by atoms with Crippen molar-refractivity contribution in [2.75, 3.05) is 38.0 Å². The molecule has 0 aliphatic carbocycles. The first-order chi connectivity index (χ1) is 11.6. The number of fused-ring (bicyclic) bond motifs is 3. The van der Waals surface area contributed by atoms with Crippen LogP contribution in [0, 0.1) is 0 Å². The molecule has 2 aliphatic heterocycles. The highest BCUT2D eigenvalue weighted by Crippen LogP contribution is 2.40. The molecule has 0 unspecified atom stereocenters. The quantitative estimate of drug-likeness (QED) is 0.829. The van der Waals surface area contributed by atoms with E-state index in [0.717, 1.165) is 28.7 Å². The summed E-state index contributed by atoms with van der Waals surface area (Å²) in [6.45, 7) is 2.22. The van der Waals surface area contributed by atoms with Gasteiger partial charge < -0.3 is 25.0 Å². The first-order valence-electron chi connectivity index (χ1n) is 7.85. The fourth-order valence-electron chi connectivity index (χ4n) is 3.23. The van der Waals surface area contributed by atoms with Gasteiger partial charge in [-0.1, -0.05) is 0 Å². The second-order valence-corrected chi connectivity index (χ2v) is 6.78. The lowest BCUT2D eigenvalue weighted by molar-refractivity contribution is 0.0976. The van der Waals surface area contributed by atoms with Crippen LogP contribution in [0.5, 0.6) is 5.75 Å². The van der Waals surface area contributed by atoms with Crippen molar-refractivity contribution in [3.05, 3.63) is 23.1 Å². The zero-order valence-corrected chi connectivity index (χ0v) is 13.8. The first kappa shape index (κ1) is 15.1. The Hall–Kier alpha value is -2.48. The van der Waals surface area contributed by atoms with E-state index in [4.69, 9.17) is 9.84 Å². The molecular formula is C16H17N3O4S. The number of anilines is 1. The molecule has 0 atom stereocenters. The van der Waals surface area contributed by atoms with Crippen LogP contribution in [0.15, 0.2) is 17.5 Å². The maximum Gasteiger partial charge on any atom is 0.415 e. The molecule has 4 rings (SSSR count). The molecule has 0 spiro atoms. The van der Waals surface area contributed by atoms with Crippen LogP contribution >= 0.6 is 11.3 Å². The number of carboxylic acid groups (broad SMARTS) is 1. The summed E-state index contributed by atoms with van der Waals surface area (Å²) in [7, 11) is 0. The van der Waals surface area contributed by atoms with Crippen LogP contribution < -0.4 is 10.1 Å². The van der Waals surface area contributed by atoms with E-state index in [1.807, 2.05) is 11.4 Å². The van der Waals surface area contributed by atoms with Crippen molar-refractivity contribution < 1.29 is 19.4 Å². The minimum Gasteiger partial charge on any atom is -0.465 e. The minimum absolute atomic E-state index is 0.310. The predicted molar refractivity (Wildman–Crippen MR) is 91.2 cm³/mol. The molecule has 1 aromatic carbocycles. The van der Waals surface area contributed by atoms with Gasteiger partial charge in [-0.3, -0.25) is 0 Å². The van der Waals surface area contributed by atoms with Gasteiger partial charge in [0.2, 0.25) is 0 Å². The van der Waals surface area contributed by atoms with Crippen molar-refractivity contribution in [3.8, 4) is 5.75 Å². The third-order valence-electron chi connectivity index (χ3n) is 4.51. The van der Waals surface area contributed by atoms with Crippen LogP contribution in [-0.2, 0) is 6.42 Å². The fourth-order valence-corrected chi connectivity index (χ4v) is 4.11. The van der Waals surface area contributed by atoms with Crippen LogP contribution in [0.4, 0.5) is 15.3 Å². The summed E-state index contributed by atoms with van der Waals surface area (Å²) >= 11 is 1.56. The number of nitrogens with zero attached hydrogens (tertiary/aromatic N) is 2. The highest BCUT2D eigenvalue weighted by Gasteiger charge is 2.26. The van der Waals surface area contributed by atoms with Crippen molar-refractivity contribution in [2.45, 2.75) is 6.42 Å². The smallest absolute Gasteiger partial charge is 0.415 e. The maximum atomic E-state index is 12.4. The van der Waals surface area contributed by atoms with Gasteiger partial charge in [-0.15, -0.1) is 11.3 Å². The Morgan fingerprint density at radius 2 is 1.96 bits per heavy atom. The number of thiophene rings is 1. The first-order valence-corrected chi connectivity index (χ1v) is 8.73. The molecule has 7 nitrogen and oxygen atoms in total. The highest BCUT2D eigenvalue weighted by molar-refractivity contribution is 7.17. The summed E-state index contributed by atoms with van der Waals surface area (Å²) in [5.41, 5.74) is 2.31. The van der Waals surface area contributed by atoms with Crippen LogP contribution in [0.3, 0.4) is 0 Å². The maximum absolute atomic E-state index is 12.4. The van der Waals surface area contributed by atoms with Crippen LogP contribution in [0.25, 0.3) is 10.1 Å². The summed E-state index contributed by atoms with van der Waals surface area (Å²) in [5, 5.41) is 15.4. The van der Waals surface area contributed by atoms with Crippen molar-refractivity contribution in [1.82, 2.24) is 9.80 Å². The average molecular weight is 347 g/mol. The Morgan fingerprint density at radius 1 is 1.21 bits per heavy atom. The Balaban J connectivity index is 1.53. The van der Waals surface area contributed by atoms with E-state index in [9.17, 15) is 9.59 Å². The predicted octanol–water partition coefficient (Wildman–Crippen LogP) is 2.66. The molecule has 3 heterocycles. The molecule has 126 valence electrons. The number of carbonyl (C=O) groups is 2. The SMILES string of the molecule is O=C(O)N1CCN(C(=O)Oc2cc3c(c4ccsc24)CCN3)CC1. The molecule has 0 saturated carbocycles. The number of amides is 2. The number of ether oxygens (including phenoxy) is 1. The van der Waals surface area contributed by atoms with Crippen LogP contribution in [-0.4, -0.2) is 59.8 Å². The molecule has 2 aromatic rings. The van der Waals surface area contributed by atoms with Gasteiger partial charge in [0, 0.05) is 49.9 Å². The van der Waals surface area contributed by atoms with Gasteiger partial charge in [0.1, 0.15) is 0 Å². The van der Waals surface area contributed by atoms with Gasteiger partial charge in [-0.05, 0) is 23.4 Å². The normalized spacial score (nSPS) is 16.8. The third kappa shape index (κ3) is 2.52. The van der Waals surface area contributed by atoms with Crippen LogP contribution in [0.1, 0.15) is 5.56 Å². The molecule has 2 N–H and O–H groups in total. The number of hydrogen-bond donors (Lipinski definition) is 2. The Kier molecular flexibility index (Phi) is 3.68. The molecule has 8 heteroatoms. The summed E-state index contributed by atoms with van der Waals surface area (Å²) in [6.07, 6.45) is -0.394. The molecule has 2 amide bonds. The molecule has 0 bridgehead atoms. The number of benzene rings is 1. The Labute approximate surface area is 142 Å². The summed E-state index contributed by atoms with van der Waals surface area (Å²) < 4.78 is 6.62. The lowest BCUT2D eigenvalue weighted by Crippen LogP contribution is -2.51. The van der Waals surface area contributed by atoms with E-state index < -0.39 is 12.2 Å². The zero-order chi connectivity index (χ0) is 16.7. The monoisotopic (exact) mass is 347 g/mol. The van der Waals surface area contributed by atoms with E-state index in [-0.39, 0.29) is 0 Å². The van der Waals surface area contributed by atoms with Crippen LogP contribution in [0.2, 0.25) is 0 Å². The van der Waals surface area contributed by atoms with Crippen molar-refractivity contribution in [3.63, 3.8) is 0 Å². The number of rotatable bonds is 1. The molecule has 0 radical (unpaired) electrons. The van der Waals surface area contributed by atoms with Crippen molar-refractivity contribution in [2.24, 2.45) is 0 Å². The molecule has 24 heavy (non-hydrogen) atoms. The summed E-state index contributed by atoms with van der Waals surface area (Å²) in [4.78, 5) is 26.2. The molecule has 1 fully saturated rings. The Morgan fingerprint density at radius 3 is 2.71 bits per heavy atom. The van der Waals surface area contributed by atoms with Gasteiger partial charge in [0.05, 0.1) is 4.70 Å². The molecule has 1 saturated heterocycles. The summed E-state index contributed by atoms with van der Waals surface area (Å²) in [6, 6.07) is 3.96. The summed E-state index contributed by atoms with van der Waals surface area (Å²) in [5.74, 6) is 0.568. The Bertz CT molecular complexity index is 811. The average Bonchev–Trinajstić information content (AvgIpc) is 3.23. The highest BCUT2D eigenvalue weighted by atomic mass is 32.1. The second kappa shape index (κ2) is 5.86. The lowest BCUT2D eigenvalue weighted by atomic mass is 10.1. The van der Waals surface area contributed by atoms with E-state index >= 15 is 0 Å². The number of piperazine rings is 1. The molecule has 2 aliphatic rings. The van der Waals surface area contributed by atoms with Crippen molar-refractivity contribution >= 4 is 39.3 Å². The van der Waals surface area contributed by atoms with Gasteiger partial charge in [-0.25, -0.2) is 9.59 Å². The second-order valence-electron chi connectivity index (χ2n) is 5.87. The van der Waals surface area contributed by atoms with E-state index in [1.54, 1.807) is 16.2 Å². The number of hydrogen-bond acceptors (Lipinski definition) is 5. The molecule has 1 aromatic heterocycles. The van der Waals surface area contributed by atoms with Gasteiger partial charge in [0.15, 0.2) is 5.75 Å². The van der Waals surface area contributed by atoms with Gasteiger partial charge >= 0.3 is 12.2 Å². The topological polar surface area (TPSA) is 82.1 Å². The largest absolute Gasteiger partial charge is 0.465 e. The van der Waals surface area contributed by atoms with E-state index in [1.165, 1.54) is 10.5 Å². The zero-order valence-electron chi connectivity index (χ0n) is 12.9. The lowest BCUT2D eigenvalue weighted by Gasteiger charge is -2.32. The molecular weight excluding hydrogens is 330 g/mol. The van der Waals surface area contributed by atoms with Crippen molar-refractivity contribution in [1.29, 1.82) is 0 Å². The minimum atomic E-state index is -0.951. The number of nitrogens with one attached hydrogen (secondary N) is 1. The van der Waals surface area contributed by atoms with Gasteiger partial charge in [0.25, 0.3) is 0 Å².